The fourth-order valence-electron chi connectivity index (χ4n) is 4.01. The van der Waals surface area contributed by atoms with E-state index in [9.17, 15) is 4.79 Å². The maximum Gasteiger partial charge on any atom is 0.221 e. The number of carbonyl (C=O) groups excluding carboxylic acids is 1. The number of morpholine rings is 1. The molecule has 1 amide bonds. The Labute approximate surface area is 176 Å². The second-order valence-electron chi connectivity index (χ2n) is 7.79. The molecule has 1 aliphatic heterocycles. The number of anilines is 1. The monoisotopic (exact) mass is 417 g/mol. The number of amides is 1. The number of thiophene rings is 1. The number of fused-ring (bicyclic) bond motifs is 3. The lowest BCUT2D eigenvalue weighted by Crippen LogP contribution is -2.36. The number of hydrogen-bond donors (Lipinski definition) is 2. The molecule has 1 fully saturated rings. The molecule has 2 aromatic rings. The molecular formula is C21H31N5O2S. The number of nitrogens with one attached hydrogen (secondary N) is 2. The van der Waals surface area contributed by atoms with Gasteiger partial charge in [0.15, 0.2) is 0 Å². The van der Waals surface area contributed by atoms with Crippen LogP contribution in [-0.2, 0) is 28.9 Å². The van der Waals surface area contributed by atoms with Gasteiger partial charge >= 0.3 is 0 Å². The normalized spacial score (nSPS) is 17.3. The zero-order valence-corrected chi connectivity index (χ0v) is 18.1. The van der Waals surface area contributed by atoms with Crippen molar-refractivity contribution in [3.8, 4) is 0 Å². The predicted molar refractivity (Wildman–Crippen MR) is 117 cm³/mol. The zero-order chi connectivity index (χ0) is 20.1. The SMILES string of the molecule is CCCNC(=O)CCNc1nc(CN2CCOCC2)nc2sc3c(c12)CCCC3. The van der Waals surface area contributed by atoms with Gasteiger partial charge in [0.05, 0.1) is 25.1 Å². The van der Waals surface area contributed by atoms with E-state index in [0.29, 0.717) is 13.0 Å². The minimum absolute atomic E-state index is 0.0885. The van der Waals surface area contributed by atoms with Crippen LogP contribution in [0.3, 0.4) is 0 Å². The molecule has 7 nitrogen and oxygen atoms in total. The highest BCUT2D eigenvalue weighted by atomic mass is 32.1. The van der Waals surface area contributed by atoms with Gasteiger partial charge in [-0.25, -0.2) is 9.97 Å². The Bertz CT molecular complexity index is 847. The number of rotatable bonds is 8. The third-order valence-corrected chi connectivity index (χ3v) is 6.73. The average Bonchev–Trinajstić information content (AvgIpc) is 3.11. The number of aromatic nitrogens is 2. The molecule has 3 heterocycles. The molecule has 2 N–H and O–H groups in total. The van der Waals surface area contributed by atoms with Gasteiger partial charge in [0, 0.05) is 37.5 Å². The largest absolute Gasteiger partial charge is 0.379 e. The Morgan fingerprint density at radius 3 is 2.83 bits per heavy atom. The molecule has 0 radical (unpaired) electrons. The Morgan fingerprint density at radius 1 is 1.17 bits per heavy atom. The summed E-state index contributed by atoms with van der Waals surface area (Å²) in [5.74, 6) is 1.85. The van der Waals surface area contributed by atoms with Crippen LogP contribution in [0.2, 0.25) is 0 Å². The van der Waals surface area contributed by atoms with Gasteiger partial charge in [-0.1, -0.05) is 6.92 Å². The summed E-state index contributed by atoms with van der Waals surface area (Å²) in [4.78, 5) is 26.7. The number of hydrogen-bond acceptors (Lipinski definition) is 7. The minimum atomic E-state index is 0.0885. The van der Waals surface area contributed by atoms with E-state index in [1.165, 1.54) is 28.7 Å². The van der Waals surface area contributed by atoms with Crippen LogP contribution in [0.5, 0.6) is 0 Å². The molecular weight excluding hydrogens is 386 g/mol. The summed E-state index contributed by atoms with van der Waals surface area (Å²) in [5.41, 5.74) is 1.42. The van der Waals surface area contributed by atoms with E-state index in [1.54, 1.807) is 0 Å². The first-order valence-electron chi connectivity index (χ1n) is 10.9. The Hall–Kier alpha value is -1.77. The van der Waals surface area contributed by atoms with E-state index < -0.39 is 0 Å². The smallest absolute Gasteiger partial charge is 0.221 e. The molecule has 0 atom stereocenters. The maximum atomic E-state index is 12.0. The first kappa shape index (κ1) is 20.5. The molecule has 0 aromatic carbocycles. The standard InChI is InChI=1S/C21H31N5O2S/c1-2-8-22-18(27)7-9-23-20-19-15-5-3-4-6-16(15)29-21(19)25-17(24-20)14-26-10-12-28-13-11-26/h2-14H2,1H3,(H,22,27)(H,23,24,25). The van der Waals surface area contributed by atoms with Gasteiger partial charge in [-0.2, -0.15) is 0 Å². The van der Waals surface area contributed by atoms with E-state index in [1.807, 2.05) is 11.3 Å². The van der Waals surface area contributed by atoms with Crippen LogP contribution < -0.4 is 10.6 Å². The van der Waals surface area contributed by atoms with Gasteiger partial charge in [-0.05, 0) is 37.7 Å². The molecule has 0 spiro atoms. The van der Waals surface area contributed by atoms with Crippen molar-refractivity contribution in [3.63, 3.8) is 0 Å². The third kappa shape index (κ3) is 5.05. The summed E-state index contributed by atoms with van der Waals surface area (Å²) in [5, 5.41) is 7.58. The summed E-state index contributed by atoms with van der Waals surface area (Å²) in [6.45, 7) is 7.51. The lowest BCUT2D eigenvalue weighted by Gasteiger charge is -2.25. The lowest BCUT2D eigenvalue weighted by molar-refractivity contribution is -0.120. The van der Waals surface area contributed by atoms with Crippen molar-refractivity contribution in [2.24, 2.45) is 0 Å². The summed E-state index contributed by atoms with van der Waals surface area (Å²) < 4.78 is 5.46. The number of nitrogens with zero attached hydrogens (tertiary/aromatic N) is 3. The molecule has 8 heteroatoms. The van der Waals surface area contributed by atoms with Crippen molar-refractivity contribution in [1.29, 1.82) is 0 Å². The van der Waals surface area contributed by atoms with E-state index in [2.05, 4.69) is 22.5 Å². The number of aryl methyl sites for hydroxylation is 2. The highest BCUT2D eigenvalue weighted by molar-refractivity contribution is 7.19. The summed E-state index contributed by atoms with van der Waals surface area (Å²) in [7, 11) is 0. The fourth-order valence-corrected chi connectivity index (χ4v) is 5.29. The number of ether oxygens (including phenoxy) is 1. The van der Waals surface area contributed by atoms with Crippen molar-refractivity contribution >= 4 is 33.3 Å². The second kappa shape index (κ2) is 9.82. The molecule has 0 unspecified atom stereocenters. The van der Waals surface area contributed by atoms with Crippen LogP contribution in [-0.4, -0.2) is 60.2 Å². The Morgan fingerprint density at radius 2 is 2.00 bits per heavy atom. The molecule has 1 saturated heterocycles. The lowest BCUT2D eigenvalue weighted by atomic mass is 9.97. The molecule has 4 rings (SSSR count). The van der Waals surface area contributed by atoms with Crippen LogP contribution >= 0.6 is 11.3 Å². The van der Waals surface area contributed by atoms with Crippen molar-refractivity contribution in [1.82, 2.24) is 20.2 Å². The van der Waals surface area contributed by atoms with Crippen LogP contribution in [0.4, 0.5) is 5.82 Å². The fraction of sp³-hybridized carbons (Fsp3) is 0.667. The van der Waals surface area contributed by atoms with Crippen molar-refractivity contribution < 1.29 is 9.53 Å². The van der Waals surface area contributed by atoms with E-state index in [0.717, 1.165) is 75.1 Å². The molecule has 158 valence electrons. The van der Waals surface area contributed by atoms with Crippen LogP contribution in [0.1, 0.15) is 48.9 Å². The van der Waals surface area contributed by atoms with E-state index >= 15 is 0 Å². The molecule has 29 heavy (non-hydrogen) atoms. The maximum absolute atomic E-state index is 12.0. The summed E-state index contributed by atoms with van der Waals surface area (Å²) >= 11 is 1.83. The minimum Gasteiger partial charge on any atom is -0.379 e. The van der Waals surface area contributed by atoms with Gasteiger partial charge in [-0.15, -0.1) is 11.3 Å². The highest BCUT2D eigenvalue weighted by Crippen LogP contribution is 2.38. The topological polar surface area (TPSA) is 79.4 Å². The summed E-state index contributed by atoms with van der Waals surface area (Å²) in [6.07, 6.45) is 6.15. The number of carbonyl (C=O) groups is 1. The van der Waals surface area contributed by atoms with E-state index in [4.69, 9.17) is 14.7 Å². The van der Waals surface area contributed by atoms with Crippen molar-refractivity contribution in [3.05, 3.63) is 16.3 Å². The molecule has 0 saturated carbocycles. The first-order valence-corrected chi connectivity index (χ1v) is 11.7. The van der Waals surface area contributed by atoms with Gasteiger partial charge in [-0.3, -0.25) is 9.69 Å². The van der Waals surface area contributed by atoms with Crippen molar-refractivity contribution in [2.45, 2.75) is 52.0 Å². The van der Waals surface area contributed by atoms with Gasteiger partial charge in [0.25, 0.3) is 0 Å². The second-order valence-corrected chi connectivity index (χ2v) is 8.88. The Balaban J connectivity index is 1.55. The Kier molecular flexibility index (Phi) is 6.94. The van der Waals surface area contributed by atoms with Crippen LogP contribution in [0.25, 0.3) is 10.2 Å². The van der Waals surface area contributed by atoms with Crippen LogP contribution in [0, 0.1) is 0 Å². The molecule has 2 aliphatic rings. The zero-order valence-electron chi connectivity index (χ0n) is 17.3. The first-order chi connectivity index (χ1) is 14.2. The molecule has 1 aliphatic carbocycles. The quantitative estimate of drug-likeness (QED) is 0.688. The van der Waals surface area contributed by atoms with Crippen LogP contribution in [0.15, 0.2) is 0 Å². The average molecular weight is 418 g/mol. The third-order valence-electron chi connectivity index (χ3n) is 5.55. The summed E-state index contributed by atoms with van der Waals surface area (Å²) in [6, 6.07) is 0. The molecule has 0 bridgehead atoms. The molecule has 2 aromatic heterocycles. The van der Waals surface area contributed by atoms with Gasteiger partial charge in [0.2, 0.25) is 5.91 Å². The van der Waals surface area contributed by atoms with Gasteiger partial charge < -0.3 is 15.4 Å². The predicted octanol–water partition coefficient (Wildman–Crippen LogP) is 2.73. The highest BCUT2D eigenvalue weighted by Gasteiger charge is 2.22. The van der Waals surface area contributed by atoms with E-state index in [-0.39, 0.29) is 5.91 Å². The van der Waals surface area contributed by atoms with Gasteiger partial charge in [0.1, 0.15) is 16.5 Å². The van der Waals surface area contributed by atoms with Crippen molar-refractivity contribution in [2.75, 3.05) is 44.7 Å².